The second kappa shape index (κ2) is 5.27. The molecule has 1 aromatic carbocycles. The van der Waals surface area contributed by atoms with E-state index in [1.54, 1.807) is 0 Å². The molecule has 0 bridgehead atoms. The highest BCUT2D eigenvalue weighted by atomic mass is 16.5. The van der Waals surface area contributed by atoms with Crippen molar-refractivity contribution in [1.82, 2.24) is 0 Å². The summed E-state index contributed by atoms with van der Waals surface area (Å²) in [4.78, 5) is 10.8. The molecule has 1 aliphatic rings. The number of aryl methyl sites for hydroxylation is 1. The fourth-order valence-electron chi connectivity index (χ4n) is 1.90. The number of nitrogens with two attached hydrogens (primary N) is 1. The van der Waals surface area contributed by atoms with Crippen molar-refractivity contribution in [3.8, 4) is 11.5 Å². The third-order valence-electron chi connectivity index (χ3n) is 2.96. The van der Waals surface area contributed by atoms with Gasteiger partial charge in [-0.1, -0.05) is 0 Å². The molecule has 0 saturated carbocycles. The van der Waals surface area contributed by atoms with E-state index in [2.05, 4.69) is 0 Å². The standard InChI is InChI=1S/C13H17NO4/c1-8-5-11-12(18-4-2-3-17-11)7-9(8)6-10(14)13(15)16/h5,7,10H,2-4,6,14H2,1H3,(H,15,16). The van der Waals surface area contributed by atoms with Crippen molar-refractivity contribution < 1.29 is 19.4 Å². The van der Waals surface area contributed by atoms with E-state index >= 15 is 0 Å². The number of rotatable bonds is 3. The fourth-order valence-corrected chi connectivity index (χ4v) is 1.90. The third-order valence-corrected chi connectivity index (χ3v) is 2.96. The van der Waals surface area contributed by atoms with E-state index < -0.39 is 12.0 Å². The van der Waals surface area contributed by atoms with Crippen molar-refractivity contribution in [3.63, 3.8) is 0 Å². The van der Waals surface area contributed by atoms with Crippen LogP contribution in [0.5, 0.6) is 11.5 Å². The van der Waals surface area contributed by atoms with Crippen LogP contribution in [-0.2, 0) is 11.2 Å². The van der Waals surface area contributed by atoms with Crippen molar-refractivity contribution >= 4 is 5.97 Å². The van der Waals surface area contributed by atoms with Crippen molar-refractivity contribution in [2.75, 3.05) is 13.2 Å². The molecular weight excluding hydrogens is 234 g/mol. The van der Waals surface area contributed by atoms with Crippen LogP contribution >= 0.6 is 0 Å². The smallest absolute Gasteiger partial charge is 0.320 e. The number of ether oxygens (including phenoxy) is 2. The summed E-state index contributed by atoms with van der Waals surface area (Å²) < 4.78 is 11.1. The van der Waals surface area contributed by atoms with Gasteiger partial charge in [-0.2, -0.15) is 0 Å². The molecular formula is C13H17NO4. The Morgan fingerprint density at radius 1 is 1.39 bits per heavy atom. The van der Waals surface area contributed by atoms with Crippen molar-refractivity contribution in [1.29, 1.82) is 0 Å². The van der Waals surface area contributed by atoms with Gasteiger partial charge in [0.2, 0.25) is 0 Å². The van der Waals surface area contributed by atoms with E-state index in [4.69, 9.17) is 20.3 Å². The van der Waals surface area contributed by atoms with E-state index in [1.807, 2.05) is 19.1 Å². The summed E-state index contributed by atoms with van der Waals surface area (Å²) in [5, 5.41) is 8.84. The van der Waals surface area contributed by atoms with Gasteiger partial charge < -0.3 is 20.3 Å². The van der Waals surface area contributed by atoms with Crippen LogP contribution in [0.3, 0.4) is 0 Å². The Morgan fingerprint density at radius 2 is 2.00 bits per heavy atom. The van der Waals surface area contributed by atoms with Crippen LogP contribution in [0.15, 0.2) is 12.1 Å². The molecule has 2 rings (SSSR count). The van der Waals surface area contributed by atoms with Crippen LogP contribution in [0, 0.1) is 6.92 Å². The van der Waals surface area contributed by atoms with E-state index in [9.17, 15) is 4.79 Å². The maximum absolute atomic E-state index is 10.8. The Balaban J connectivity index is 2.26. The monoisotopic (exact) mass is 251 g/mol. The van der Waals surface area contributed by atoms with Crippen molar-refractivity contribution in [3.05, 3.63) is 23.3 Å². The van der Waals surface area contributed by atoms with Crippen LogP contribution in [0.1, 0.15) is 17.5 Å². The topological polar surface area (TPSA) is 81.8 Å². The molecule has 1 unspecified atom stereocenters. The molecule has 0 radical (unpaired) electrons. The lowest BCUT2D eigenvalue weighted by molar-refractivity contribution is -0.138. The lowest BCUT2D eigenvalue weighted by Crippen LogP contribution is -2.32. The summed E-state index contributed by atoms with van der Waals surface area (Å²) in [6.45, 7) is 3.17. The molecule has 1 aliphatic heterocycles. The van der Waals surface area contributed by atoms with Gasteiger partial charge in [-0.15, -0.1) is 0 Å². The van der Waals surface area contributed by atoms with Gasteiger partial charge in [0.25, 0.3) is 0 Å². The fraction of sp³-hybridized carbons (Fsp3) is 0.462. The summed E-state index contributed by atoms with van der Waals surface area (Å²) in [6, 6.07) is 2.82. The molecule has 1 aromatic rings. The number of carboxylic acid groups (broad SMARTS) is 1. The molecule has 1 heterocycles. The molecule has 0 aliphatic carbocycles. The zero-order valence-corrected chi connectivity index (χ0v) is 10.3. The van der Waals surface area contributed by atoms with E-state index in [0.717, 1.165) is 23.3 Å². The van der Waals surface area contributed by atoms with Gasteiger partial charge in [0, 0.05) is 6.42 Å². The molecule has 3 N–H and O–H groups in total. The first-order chi connectivity index (χ1) is 8.58. The maximum atomic E-state index is 10.8. The van der Waals surface area contributed by atoms with E-state index in [1.165, 1.54) is 0 Å². The normalized spacial score (nSPS) is 15.9. The first kappa shape index (κ1) is 12.7. The minimum atomic E-state index is -0.999. The van der Waals surface area contributed by atoms with E-state index in [0.29, 0.717) is 19.0 Å². The number of benzene rings is 1. The van der Waals surface area contributed by atoms with Gasteiger partial charge in [-0.05, 0) is 36.6 Å². The number of hydrogen-bond acceptors (Lipinski definition) is 4. The predicted octanol–water partition coefficient (Wildman–Crippen LogP) is 1.11. The van der Waals surface area contributed by atoms with Gasteiger partial charge >= 0.3 is 5.97 Å². The summed E-state index contributed by atoms with van der Waals surface area (Å²) in [6.07, 6.45) is 1.13. The number of carboxylic acids is 1. The molecule has 0 amide bonds. The molecule has 0 fully saturated rings. The summed E-state index contributed by atoms with van der Waals surface area (Å²) in [7, 11) is 0. The molecule has 98 valence electrons. The van der Waals surface area contributed by atoms with Gasteiger partial charge in [-0.3, -0.25) is 4.79 Å². The molecule has 1 atom stereocenters. The number of hydrogen-bond donors (Lipinski definition) is 2. The molecule has 0 saturated heterocycles. The summed E-state index contributed by atoms with van der Waals surface area (Å²) >= 11 is 0. The number of carbonyl (C=O) groups is 1. The molecule has 0 aromatic heterocycles. The number of fused-ring (bicyclic) bond motifs is 1. The lowest BCUT2D eigenvalue weighted by atomic mass is 10.0. The zero-order chi connectivity index (χ0) is 13.1. The second-order valence-electron chi connectivity index (χ2n) is 4.42. The third kappa shape index (κ3) is 2.73. The van der Waals surface area contributed by atoms with Crippen LogP contribution in [0.2, 0.25) is 0 Å². The molecule has 18 heavy (non-hydrogen) atoms. The SMILES string of the molecule is Cc1cc2c(cc1CC(N)C(=O)O)OCCCO2. The lowest BCUT2D eigenvalue weighted by Gasteiger charge is -2.14. The zero-order valence-electron chi connectivity index (χ0n) is 10.3. The highest BCUT2D eigenvalue weighted by molar-refractivity contribution is 5.73. The minimum Gasteiger partial charge on any atom is -0.490 e. The highest BCUT2D eigenvalue weighted by Gasteiger charge is 2.17. The maximum Gasteiger partial charge on any atom is 0.320 e. The second-order valence-corrected chi connectivity index (χ2v) is 4.42. The Labute approximate surface area is 106 Å². The van der Waals surface area contributed by atoms with Crippen molar-refractivity contribution in [2.24, 2.45) is 5.73 Å². The van der Waals surface area contributed by atoms with Crippen LogP contribution in [0.4, 0.5) is 0 Å². The van der Waals surface area contributed by atoms with Gasteiger partial charge in [-0.25, -0.2) is 0 Å². The molecule has 5 nitrogen and oxygen atoms in total. The van der Waals surface area contributed by atoms with Crippen LogP contribution in [0.25, 0.3) is 0 Å². The Bertz CT molecular complexity index is 459. The molecule has 0 spiro atoms. The largest absolute Gasteiger partial charge is 0.490 e. The summed E-state index contributed by atoms with van der Waals surface area (Å²) in [5.74, 6) is 0.393. The highest BCUT2D eigenvalue weighted by Crippen LogP contribution is 2.32. The first-order valence-corrected chi connectivity index (χ1v) is 5.95. The minimum absolute atomic E-state index is 0.289. The van der Waals surface area contributed by atoms with E-state index in [-0.39, 0.29) is 6.42 Å². The Kier molecular flexibility index (Phi) is 3.72. The van der Waals surface area contributed by atoms with Crippen LogP contribution in [-0.4, -0.2) is 30.3 Å². The average molecular weight is 251 g/mol. The van der Waals surface area contributed by atoms with Gasteiger partial charge in [0.05, 0.1) is 13.2 Å². The van der Waals surface area contributed by atoms with Gasteiger partial charge in [0.1, 0.15) is 6.04 Å². The van der Waals surface area contributed by atoms with Crippen LogP contribution < -0.4 is 15.2 Å². The quantitative estimate of drug-likeness (QED) is 0.841. The van der Waals surface area contributed by atoms with Crippen molar-refractivity contribution in [2.45, 2.75) is 25.8 Å². The summed E-state index contributed by atoms with van der Waals surface area (Å²) in [5.41, 5.74) is 7.40. The number of aliphatic carboxylic acids is 1. The Hall–Kier alpha value is -1.75. The first-order valence-electron chi connectivity index (χ1n) is 5.95. The Morgan fingerprint density at radius 3 is 2.61 bits per heavy atom. The predicted molar refractivity (Wildman–Crippen MR) is 66.1 cm³/mol. The average Bonchev–Trinajstić information content (AvgIpc) is 2.54. The molecule has 5 heteroatoms. The van der Waals surface area contributed by atoms with Gasteiger partial charge in [0.15, 0.2) is 11.5 Å².